The first kappa shape index (κ1) is 14.8. The zero-order valence-corrected chi connectivity index (χ0v) is 13.0. The second-order valence-electron chi connectivity index (χ2n) is 6.08. The lowest BCUT2D eigenvalue weighted by Gasteiger charge is -2.25. The molecule has 22 heavy (non-hydrogen) atoms. The molecule has 2 aromatic carbocycles. The number of likely N-dealkylation sites (tertiary alicyclic amines) is 1. The summed E-state index contributed by atoms with van der Waals surface area (Å²) in [5.74, 6) is -0.174. The van der Waals surface area contributed by atoms with E-state index in [1.807, 2.05) is 30.9 Å². The normalized spacial score (nSPS) is 17.8. The van der Waals surface area contributed by atoms with Gasteiger partial charge in [-0.25, -0.2) is 4.39 Å². The Bertz CT molecular complexity index is 673. The molecule has 0 aromatic heterocycles. The van der Waals surface area contributed by atoms with Crippen molar-refractivity contribution in [3.63, 3.8) is 0 Å². The van der Waals surface area contributed by atoms with Crippen molar-refractivity contribution < 1.29 is 9.18 Å². The molecule has 1 fully saturated rings. The largest absolute Gasteiger partial charge is 0.332 e. The fraction of sp³-hybridized carbons (Fsp3) is 0.316. The van der Waals surface area contributed by atoms with Crippen molar-refractivity contribution in [2.45, 2.75) is 32.7 Å². The van der Waals surface area contributed by atoms with Gasteiger partial charge < -0.3 is 4.90 Å². The lowest BCUT2D eigenvalue weighted by Crippen LogP contribution is -2.30. The van der Waals surface area contributed by atoms with Crippen molar-refractivity contribution in [3.05, 3.63) is 70.5 Å². The topological polar surface area (TPSA) is 20.3 Å². The molecule has 114 valence electrons. The van der Waals surface area contributed by atoms with Crippen molar-refractivity contribution in [1.29, 1.82) is 0 Å². The second-order valence-corrected chi connectivity index (χ2v) is 6.08. The van der Waals surface area contributed by atoms with Crippen molar-refractivity contribution >= 4 is 5.91 Å². The SMILES string of the molecule is Cc1cc(C)cc(C(=O)N2CCCC2c2ccc(F)cc2)c1. The molecular weight excluding hydrogens is 277 g/mol. The van der Waals surface area contributed by atoms with Gasteiger partial charge in [0.05, 0.1) is 6.04 Å². The van der Waals surface area contributed by atoms with Crippen LogP contribution in [-0.4, -0.2) is 17.4 Å². The number of carbonyl (C=O) groups excluding carboxylic acids is 1. The average molecular weight is 297 g/mol. The smallest absolute Gasteiger partial charge is 0.254 e. The summed E-state index contributed by atoms with van der Waals surface area (Å²) in [6, 6.07) is 12.5. The molecule has 1 aliphatic rings. The van der Waals surface area contributed by atoms with Gasteiger partial charge >= 0.3 is 0 Å². The van der Waals surface area contributed by atoms with Gasteiger partial charge in [-0.3, -0.25) is 4.79 Å². The van der Waals surface area contributed by atoms with E-state index in [0.29, 0.717) is 0 Å². The second kappa shape index (κ2) is 5.91. The van der Waals surface area contributed by atoms with Gasteiger partial charge in [-0.2, -0.15) is 0 Å². The van der Waals surface area contributed by atoms with Crippen molar-refractivity contribution in [3.8, 4) is 0 Å². The van der Waals surface area contributed by atoms with E-state index in [4.69, 9.17) is 0 Å². The van der Waals surface area contributed by atoms with Crippen molar-refractivity contribution in [1.82, 2.24) is 4.90 Å². The number of benzene rings is 2. The summed E-state index contributed by atoms with van der Waals surface area (Å²) in [6.45, 7) is 4.77. The number of amides is 1. The molecule has 2 aromatic rings. The Labute approximate surface area is 130 Å². The number of carbonyl (C=O) groups is 1. The minimum Gasteiger partial charge on any atom is -0.332 e. The van der Waals surface area contributed by atoms with Gasteiger partial charge in [0.2, 0.25) is 0 Å². The summed E-state index contributed by atoms with van der Waals surface area (Å²) in [5.41, 5.74) is 3.95. The van der Waals surface area contributed by atoms with E-state index in [2.05, 4.69) is 6.07 Å². The van der Waals surface area contributed by atoms with Gasteiger partial charge in [0, 0.05) is 12.1 Å². The predicted molar refractivity (Wildman–Crippen MR) is 85.3 cm³/mol. The zero-order valence-electron chi connectivity index (χ0n) is 13.0. The van der Waals surface area contributed by atoms with Crippen LogP contribution in [0.5, 0.6) is 0 Å². The van der Waals surface area contributed by atoms with Crippen LogP contribution < -0.4 is 0 Å². The van der Waals surface area contributed by atoms with Gasteiger partial charge in [-0.15, -0.1) is 0 Å². The van der Waals surface area contributed by atoms with Crippen LogP contribution in [0, 0.1) is 19.7 Å². The van der Waals surface area contributed by atoms with Gasteiger partial charge in [-0.05, 0) is 56.5 Å². The van der Waals surface area contributed by atoms with Gasteiger partial charge in [0.1, 0.15) is 5.82 Å². The number of aryl methyl sites for hydroxylation is 2. The molecule has 0 bridgehead atoms. The van der Waals surface area contributed by atoms with E-state index >= 15 is 0 Å². The van der Waals surface area contributed by atoms with E-state index in [1.165, 1.54) is 12.1 Å². The molecule has 1 unspecified atom stereocenters. The van der Waals surface area contributed by atoms with E-state index in [0.717, 1.165) is 41.6 Å². The predicted octanol–water partition coefficient (Wildman–Crippen LogP) is 4.42. The minimum absolute atomic E-state index is 0.0499. The molecule has 1 heterocycles. The fourth-order valence-electron chi connectivity index (χ4n) is 3.31. The summed E-state index contributed by atoms with van der Waals surface area (Å²) in [6.07, 6.45) is 1.92. The number of nitrogens with zero attached hydrogens (tertiary/aromatic N) is 1. The Kier molecular flexibility index (Phi) is 3.97. The maximum atomic E-state index is 13.1. The third-order valence-electron chi connectivity index (χ3n) is 4.24. The van der Waals surface area contributed by atoms with Crippen LogP contribution in [0.4, 0.5) is 4.39 Å². The molecule has 0 spiro atoms. The van der Waals surface area contributed by atoms with E-state index in [9.17, 15) is 9.18 Å². The van der Waals surface area contributed by atoms with Gasteiger partial charge in [-0.1, -0.05) is 29.3 Å². The van der Waals surface area contributed by atoms with Crippen LogP contribution in [0.15, 0.2) is 42.5 Å². The first-order valence-corrected chi connectivity index (χ1v) is 7.69. The highest BCUT2D eigenvalue weighted by Gasteiger charge is 2.30. The lowest BCUT2D eigenvalue weighted by molar-refractivity contribution is 0.0735. The van der Waals surface area contributed by atoms with Gasteiger partial charge in [0.25, 0.3) is 5.91 Å². The van der Waals surface area contributed by atoms with Crippen molar-refractivity contribution in [2.24, 2.45) is 0 Å². The number of rotatable bonds is 2. The molecule has 0 N–H and O–H groups in total. The van der Waals surface area contributed by atoms with E-state index in [1.54, 1.807) is 12.1 Å². The molecule has 0 aliphatic carbocycles. The van der Waals surface area contributed by atoms with Crippen LogP contribution in [-0.2, 0) is 0 Å². The zero-order chi connectivity index (χ0) is 15.7. The Morgan fingerprint density at radius 1 is 1.09 bits per heavy atom. The molecular formula is C19H20FNO. The fourth-order valence-corrected chi connectivity index (χ4v) is 3.31. The van der Waals surface area contributed by atoms with Gasteiger partial charge in [0.15, 0.2) is 0 Å². The quantitative estimate of drug-likeness (QED) is 0.803. The maximum absolute atomic E-state index is 13.1. The molecule has 3 rings (SSSR count). The summed E-state index contributed by atoms with van der Waals surface area (Å²) in [7, 11) is 0. The first-order valence-electron chi connectivity index (χ1n) is 7.69. The average Bonchev–Trinajstić information content (AvgIpc) is 2.95. The van der Waals surface area contributed by atoms with Crippen LogP contribution in [0.25, 0.3) is 0 Å². The number of halogens is 1. The Morgan fingerprint density at radius 2 is 1.73 bits per heavy atom. The van der Waals surface area contributed by atoms with Crippen LogP contribution in [0.3, 0.4) is 0 Å². The number of hydrogen-bond acceptors (Lipinski definition) is 1. The first-order chi connectivity index (χ1) is 10.5. The Morgan fingerprint density at radius 3 is 2.36 bits per heavy atom. The van der Waals surface area contributed by atoms with Crippen LogP contribution in [0.1, 0.15) is 45.9 Å². The Balaban J connectivity index is 1.89. The summed E-state index contributed by atoms with van der Waals surface area (Å²) >= 11 is 0. The molecule has 1 amide bonds. The summed E-state index contributed by atoms with van der Waals surface area (Å²) < 4.78 is 13.1. The highest BCUT2D eigenvalue weighted by atomic mass is 19.1. The maximum Gasteiger partial charge on any atom is 0.254 e. The highest BCUT2D eigenvalue weighted by Crippen LogP contribution is 2.33. The van der Waals surface area contributed by atoms with Crippen LogP contribution >= 0.6 is 0 Å². The molecule has 0 radical (unpaired) electrons. The van der Waals surface area contributed by atoms with Crippen LogP contribution in [0.2, 0.25) is 0 Å². The molecule has 1 atom stereocenters. The molecule has 0 saturated carbocycles. The molecule has 3 heteroatoms. The number of hydrogen-bond donors (Lipinski definition) is 0. The lowest BCUT2D eigenvalue weighted by atomic mass is 10.0. The summed E-state index contributed by atoms with van der Waals surface area (Å²) in [5, 5.41) is 0. The molecule has 1 saturated heterocycles. The van der Waals surface area contributed by atoms with E-state index in [-0.39, 0.29) is 17.8 Å². The third-order valence-corrected chi connectivity index (χ3v) is 4.24. The molecule has 1 aliphatic heterocycles. The molecule has 2 nitrogen and oxygen atoms in total. The highest BCUT2D eigenvalue weighted by molar-refractivity contribution is 5.95. The van der Waals surface area contributed by atoms with E-state index < -0.39 is 0 Å². The minimum atomic E-state index is -0.242. The third kappa shape index (κ3) is 2.89. The monoisotopic (exact) mass is 297 g/mol. The Hall–Kier alpha value is -2.16. The summed E-state index contributed by atoms with van der Waals surface area (Å²) in [4.78, 5) is 14.8. The van der Waals surface area contributed by atoms with Crippen molar-refractivity contribution in [2.75, 3.05) is 6.54 Å². The standard InChI is InChI=1S/C19H20FNO/c1-13-10-14(2)12-16(11-13)19(22)21-9-3-4-18(21)15-5-7-17(20)8-6-15/h5-8,10-12,18H,3-4,9H2,1-2H3.